The molecular formula is C26H32Cl2N2O3. The maximum absolute atomic E-state index is 13.3. The first-order chi connectivity index (χ1) is 15.8. The van der Waals surface area contributed by atoms with Crippen molar-refractivity contribution in [3.63, 3.8) is 0 Å². The molecule has 5 nitrogen and oxygen atoms in total. The van der Waals surface area contributed by atoms with Gasteiger partial charge in [0.1, 0.15) is 11.8 Å². The summed E-state index contributed by atoms with van der Waals surface area (Å²) in [5.74, 6) is 0.223. The minimum atomic E-state index is -0.617. The third kappa shape index (κ3) is 6.87. The molecule has 33 heavy (non-hydrogen) atoms. The number of aryl methyl sites for hydroxylation is 2. The third-order valence-corrected chi connectivity index (χ3v) is 6.87. The first-order valence-corrected chi connectivity index (χ1v) is 12.3. The fourth-order valence-corrected chi connectivity index (χ4v) is 4.62. The van der Waals surface area contributed by atoms with Crippen LogP contribution in [-0.2, 0) is 16.1 Å². The van der Waals surface area contributed by atoms with Gasteiger partial charge in [-0.25, -0.2) is 0 Å². The van der Waals surface area contributed by atoms with Crippen molar-refractivity contribution in [3.05, 3.63) is 63.1 Å². The molecular weight excluding hydrogens is 459 g/mol. The lowest BCUT2D eigenvalue weighted by Crippen LogP contribution is -2.52. The number of amides is 2. The van der Waals surface area contributed by atoms with Gasteiger partial charge in [-0.2, -0.15) is 0 Å². The van der Waals surface area contributed by atoms with Crippen molar-refractivity contribution in [2.24, 2.45) is 0 Å². The SMILES string of the molecule is CCC(C(=O)NC1CCCC1)N(Cc1ccc(Cl)cc1Cl)C(=O)COc1ccc(C)c(C)c1. The average molecular weight is 491 g/mol. The zero-order chi connectivity index (χ0) is 24.0. The molecule has 2 amide bonds. The molecule has 0 saturated heterocycles. The normalized spacial score (nSPS) is 14.7. The van der Waals surface area contributed by atoms with Crippen molar-refractivity contribution in [1.29, 1.82) is 0 Å². The summed E-state index contributed by atoms with van der Waals surface area (Å²) in [5, 5.41) is 4.11. The van der Waals surface area contributed by atoms with E-state index in [0.717, 1.165) is 42.4 Å². The van der Waals surface area contributed by atoms with Crippen LogP contribution in [0.4, 0.5) is 0 Å². The lowest BCUT2D eigenvalue weighted by atomic mass is 10.1. The van der Waals surface area contributed by atoms with Gasteiger partial charge in [0.15, 0.2) is 6.61 Å². The molecule has 7 heteroatoms. The zero-order valence-electron chi connectivity index (χ0n) is 19.5. The highest BCUT2D eigenvalue weighted by Crippen LogP contribution is 2.25. The van der Waals surface area contributed by atoms with Crippen molar-refractivity contribution in [2.75, 3.05) is 6.61 Å². The molecule has 1 fully saturated rings. The topological polar surface area (TPSA) is 58.6 Å². The maximum Gasteiger partial charge on any atom is 0.261 e. The maximum atomic E-state index is 13.3. The Morgan fingerprint density at radius 3 is 2.45 bits per heavy atom. The van der Waals surface area contributed by atoms with Crippen LogP contribution in [0.5, 0.6) is 5.75 Å². The Morgan fingerprint density at radius 1 is 1.09 bits per heavy atom. The van der Waals surface area contributed by atoms with E-state index in [1.807, 2.05) is 39.0 Å². The third-order valence-electron chi connectivity index (χ3n) is 6.28. The summed E-state index contributed by atoms with van der Waals surface area (Å²) in [6, 6.07) is 10.4. The Balaban J connectivity index is 1.79. The van der Waals surface area contributed by atoms with Crippen molar-refractivity contribution < 1.29 is 14.3 Å². The molecule has 3 rings (SSSR count). The van der Waals surface area contributed by atoms with Crippen LogP contribution in [-0.4, -0.2) is 35.4 Å². The summed E-state index contributed by atoms with van der Waals surface area (Å²) in [4.78, 5) is 28.1. The predicted octanol–water partition coefficient (Wildman–Crippen LogP) is 5.86. The average Bonchev–Trinajstić information content (AvgIpc) is 3.28. The smallest absolute Gasteiger partial charge is 0.261 e. The molecule has 1 atom stereocenters. The number of halogens is 2. The Morgan fingerprint density at radius 2 is 1.82 bits per heavy atom. The highest BCUT2D eigenvalue weighted by atomic mass is 35.5. The Labute approximate surface area is 206 Å². The fourth-order valence-electron chi connectivity index (χ4n) is 4.15. The number of nitrogens with zero attached hydrogens (tertiary/aromatic N) is 1. The highest BCUT2D eigenvalue weighted by molar-refractivity contribution is 6.35. The molecule has 0 aliphatic heterocycles. The largest absolute Gasteiger partial charge is 0.484 e. The lowest BCUT2D eigenvalue weighted by molar-refractivity contribution is -0.143. The summed E-state index contributed by atoms with van der Waals surface area (Å²) < 4.78 is 5.80. The molecule has 2 aromatic rings. The molecule has 0 bridgehead atoms. The van der Waals surface area contributed by atoms with Crippen molar-refractivity contribution >= 4 is 35.0 Å². The minimum Gasteiger partial charge on any atom is -0.484 e. The summed E-state index contributed by atoms with van der Waals surface area (Å²) in [6.45, 7) is 5.96. The van der Waals surface area contributed by atoms with Crippen molar-refractivity contribution in [2.45, 2.75) is 71.5 Å². The number of nitrogens with one attached hydrogen (secondary N) is 1. The van der Waals surface area contributed by atoms with E-state index in [0.29, 0.717) is 22.2 Å². The van der Waals surface area contributed by atoms with E-state index in [-0.39, 0.29) is 31.0 Å². The Bertz CT molecular complexity index is 989. The van der Waals surface area contributed by atoms with E-state index < -0.39 is 6.04 Å². The second-order valence-corrected chi connectivity index (χ2v) is 9.55. The molecule has 1 aliphatic carbocycles. The molecule has 0 radical (unpaired) electrons. The standard InChI is InChI=1S/C26H32Cl2N2O3/c1-4-24(26(32)29-21-7-5-6-8-21)30(15-19-10-11-20(27)14-23(19)28)25(31)16-33-22-12-9-17(2)18(3)13-22/h9-14,21,24H,4-8,15-16H2,1-3H3,(H,29,32). The van der Waals surface area contributed by atoms with Gasteiger partial charge in [-0.3, -0.25) is 9.59 Å². The van der Waals surface area contributed by atoms with E-state index in [1.165, 1.54) is 0 Å². The molecule has 0 heterocycles. The van der Waals surface area contributed by atoms with Crippen LogP contribution in [0.2, 0.25) is 10.0 Å². The van der Waals surface area contributed by atoms with Crippen LogP contribution in [0.25, 0.3) is 0 Å². The Kier molecular flexibility index (Phi) is 9.04. The van der Waals surface area contributed by atoms with Gasteiger partial charge in [0.25, 0.3) is 5.91 Å². The van der Waals surface area contributed by atoms with Crippen molar-refractivity contribution in [1.82, 2.24) is 10.2 Å². The van der Waals surface area contributed by atoms with Crippen LogP contribution >= 0.6 is 23.2 Å². The van der Waals surface area contributed by atoms with Gasteiger partial charge < -0.3 is 15.0 Å². The van der Waals surface area contributed by atoms with Crippen LogP contribution in [0.15, 0.2) is 36.4 Å². The number of carbonyl (C=O) groups is 2. The molecule has 1 saturated carbocycles. The number of benzene rings is 2. The molecule has 1 N–H and O–H groups in total. The van der Waals surface area contributed by atoms with Gasteiger partial charge in [-0.15, -0.1) is 0 Å². The predicted molar refractivity (Wildman–Crippen MR) is 133 cm³/mol. The van der Waals surface area contributed by atoms with E-state index in [9.17, 15) is 9.59 Å². The van der Waals surface area contributed by atoms with Gasteiger partial charge >= 0.3 is 0 Å². The second-order valence-electron chi connectivity index (χ2n) is 8.71. The minimum absolute atomic E-state index is 0.131. The molecule has 2 aromatic carbocycles. The highest BCUT2D eigenvalue weighted by Gasteiger charge is 2.31. The molecule has 0 spiro atoms. The van der Waals surface area contributed by atoms with Crippen LogP contribution in [0.1, 0.15) is 55.7 Å². The summed E-state index contributed by atoms with van der Waals surface area (Å²) in [5.41, 5.74) is 2.97. The monoisotopic (exact) mass is 490 g/mol. The number of hydrogen-bond acceptors (Lipinski definition) is 3. The van der Waals surface area contributed by atoms with Gasteiger partial charge in [0.05, 0.1) is 0 Å². The number of ether oxygens (including phenoxy) is 1. The number of rotatable bonds is 9. The van der Waals surface area contributed by atoms with Crippen LogP contribution in [0, 0.1) is 13.8 Å². The molecule has 1 aliphatic rings. The van der Waals surface area contributed by atoms with Gasteiger partial charge in [0.2, 0.25) is 5.91 Å². The van der Waals surface area contributed by atoms with E-state index in [1.54, 1.807) is 23.1 Å². The van der Waals surface area contributed by atoms with Crippen LogP contribution < -0.4 is 10.1 Å². The molecule has 0 aromatic heterocycles. The van der Waals surface area contributed by atoms with Crippen molar-refractivity contribution in [3.8, 4) is 5.75 Å². The summed E-state index contributed by atoms with van der Waals surface area (Å²) >= 11 is 12.4. The quantitative estimate of drug-likeness (QED) is 0.479. The van der Waals surface area contributed by atoms with E-state index in [4.69, 9.17) is 27.9 Å². The summed E-state index contributed by atoms with van der Waals surface area (Å²) in [6.07, 6.45) is 4.69. The van der Waals surface area contributed by atoms with E-state index in [2.05, 4.69) is 5.32 Å². The Hall–Kier alpha value is -2.24. The fraction of sp³-hybridized carbons (Fsp3) is 0.462. The summed E-state index contributed by atoms with van der Waals surface area (Å²) in [7, 11) is 0. The molecule has 1 unspecified atom stereocenters. The van der Waals surface area contributed by atoms with E-state index >= 15 is 0 Å². The van der Waals surface area contributed by atoms with Gasteiger partial charge in [0, 0.05) is 22.6 Å². The lowest BCUT2D eigenvalue weighted by Gasteiger charge is -2.31. The van der Waals surface area contributed by atoms with Gasteiger partial charge in [-0.1, -0.05) is 55.1 Å². The first kappa shape index (κ1) is 25.4. The first-order valence-electron chi connectivity index (χ1n) is 11.5. The second kappa shape index (κ2) is 11.8. The number of hydrogen-bond donors (Lipinski definition) is 1. The zero-order valence-corrected chi connectivity index (χ0v) is 21.0. The van der Waals surface area contributed by atoms with Crippen LogP contribution in [0.3, 0.4) is 0 Å². The number of carbonyl (C=O) groups excluding carboxylic acids is 2. The molecule has 178 valence electrons. The van der Waals surface area contributed by atoms with Gasteiger partial charge in [-0.05, 0) is 74.1 Å².